The van der Waals surface area contributed by atoms with Gasteiger partial charge in [-0.25, -0.2) is 4.79 Å². The van der Waals surface area contributed by atoms with Crippen LogP contribution in [0.1, 0.15) is 32.1 Å². The van der Waals surface area contributed by atoms with Crippen molar-refractivity contribution in [3.63, 3.8) is 0 Å². The number of carbonyl (C=O) groups is 5. The predicted molar refractivity (Wildman–Crippen MR) is 115 cm³/mol. The number of hydrogen-bond acceptors (Lipinski definition) is 8. The van der Waals surface area contributed by atoms with Crippen molar-refractivity contribution in [3.8, 4) is 0 Å². The molecule has 1 aliphatic rings. The van der Waals surface area contributed by atoms with E-state index in [-0.39, 0.29) is 38.3 Å². The first-order chi connectivity index (χ1) is 15.5. The van der Waals surface area contributed by atoms with Crippen LogP contribution in [0.3, 0.4) is 0 Å². The average Bonchev–Trinajstić information content (AvgIpc) is 3.22. The number of rotatable bonds is 13. The zero-order valence-corrected chi connectivity index (χ0v) is 18.1. The van der Waals surface area contributed by atoms with Crippen molar-refractivity contribution in [2.24, 2.45) is 27.9 Å². The molecule has 0 radical (unpaired) electrons. The maximum Gasteiger partial charge on any atom is 0.326 e. The SMILES string of the molecule is NC(=O)CC(N)C(=O)NC(CCCN=C(N)N)C(=O)NC(CO)C(=O)N1CCCC1C(=O)O. The Bertz CT molecular complexity index is 771. The number of aliphatic hydroxyl groups excluding tert-OH is 1. The van der Waals surface area contributed by atoms with Crippen LogP contribution >= 0.6 is 0 Å². The highest BCUT2D eigenvalue weighted by atomic mass is 16.4. The Labute approximate surface area is 189 Å². The van der Waals surface area contributed by atoms with Gasteiger partial charge >= 0.3 is 5.97 Å². The molecule has 0 saturated carbocycles. The van der Waals surface area contributed by atoms with E-state index < -0.39 is 66.8 Å². The number of primary amides is 1. The lowest BCUT2D eigenvalue weighted by atomic mass is 10.1. The maximum atomic E-state index is 12.8. The van der Waals surface area contributed by atoms with Gasteiger partial charge in [-0.3, -0.25) is 24.2 Å². The quantitative estimate of drug-likeness (QED) is 0.0720. The molecule has 12 N–H and O–H groups in total. The number of aliphatic imine (C=N–C) groups is 1. The minimum atomic E-state index is -1.42. The van der Waals surface area contributed by atoms with E-state index in [4.69, 9.17) is 22.9 Å². The van der Waals surface area contributed by atoms with Crippen LogP contribution in [0.4, 0.5) is 0 Å². The van der Waals surface area contributed by atoms with Crippen molar-refractivity contribution in [3.05, 3.63) is 0 Å². The normalized spacial score (nSPS) is 18.0. The van der Waals surface area contributed by atoms with Crippen LogP contribution in [0.15, 0.2) is 4.99 Å². The summed E-state index contributed by atoms with van der Waals surface area (Å²) in [6.45, 7) is -0.474. The number of carboxylic acid groups (broad SMARTS) is 1. The largest absolute Gasteiger partial charge is 0.480 e. The molecule has 0 aromatic rings. The summed E-state index contributed by atoms with van der Waals surface area (Å²) in [6.07, 6.45) is 0.569. The van der Waals surface area contributed by atoms with Crippen LogP contribution in [0.25, 0.3) is 0 Å². The molecule has 4 atom stereocenters. The Morgan fingerprint density at radius 3 is 2.24 bits per heavy atom. The third kappa shape index (κ3) is 8.89. The topological polar surface area (TPSA) is 270 Å². The van der Waals surface area contributed by atoms with Gasteiger partial charge < -0.3 is 48.7 Å². The number of hydrogen-bond donors (Lipinski definition) is 8. The third-order valence-corrected chi connectivity index (χ3v) is 4.95. The van der Waals surface area contributed by atoms with Gasteiger partial charge in [0, 0.05) is 13.1 Å². The summed E-state index contributed by atoms with van der Waals surface area (Å²) in [4.78, 5) is 65.0. The highest BCUT2D eigenvalue weighted by molar-refractivity contribution is 5.95. The van der Waals surface area contributed by atoms with E-state index in [1.807, 2.05) is 0 Å². The Morgan fingerprint density at radius 2 is 1.70 bits per heavy atom. The highest BCUT2D eigenvalue weighted by Crippen LogP contribution is 2.18. The monoisotopic (exact) mass is 472 g/mol. The van der Waals surface area contributed by atoms with Gasteiger partial charge in [0.15, 0.2) is 5.96 Å². The van der Waals surface area contributed by atoms with E-state index in [1.165, 1.54) is 0 Å². The van der Waals surface area contributed by atoms with Crippen LogP contribution in [0.5, 0.6) is 0 Å². The number of nitrogens with two attached hydrogens (primary N) is 4. The van der Waals surface area contributed by atoms with Gasteiger partial charge in [-0.1, -0.05) is 0 Å². The number of nitrogens with one attached hydrogen (secondary N) is 2. The lowest BCUT2D eigenvalue weighted by molar-refractivity contribution is -0.150. The zero-order chi connectivity index (χ0) is 25.1. The summed E-state index contributed by atoms with van der Waals surface area (Å²) >= 11 is 0. The molecule has 15 heteroatoms. The van der Waals surface area contributed by atoms with Crippen LogP contribution in [-0.2, 0) is 24.0 Å². The molecule has 0 spiro atoms. The molecule has 33 heavy (non-hydrogen) atoms. The average molecular weight is 473 g/mol. The standard InChI is InChI=1S/C18H32N8O7/c19-9(7-13(20)28)14(29)24-10(3-1-5-23-18(21)22)15(30)25-11(8-27)16(31)26-6-2-4-12(26)17(32)33/h9-12,27H,1-8,19H2,(H2,20,28)(H,24,29)(H,25,30)(H,32,33)(H4,21,22,23). The van der Waals surface area contributed by atoms with E-state index in [0.717, 1.165) is 4.90 Å². The van der Waals surface area contributed by atoms with E-state index in [2.05, 4.69) is 15.6 Å². The lowest BCUT2D eigenvalue weighted by Crippen LogP contribution is -2.58. The van der Waals surface area contributed by atoms with E-state index in [9.17, 15) is 34.2 Å². The number of likely N-dealkylation sites (tertiary alicyclic amines) is 1. The molecular formula is C18H32N8O7. The number of guanidine groups is 1. The zero-order valence-electron chi connectivity index (χ0n) is 18.1. The first kappa shape index (κ1) is 27.6. The van der Waals surface area contributed by atoms with Gasteiger partial charge in [0.05, 0.1) is 19.1 Å². The first-order valence-corrected chi connectivity index (χ1v) is 10.3. The molecule has 0 aliphatic carbocycles. The maximum absolute atomic E-state index is 12.8. The minimum absolute atomic E-state index is 0.0332. The first-order valence-electron chi connectivity index (χ1n) is 10.3. The van der Waals surface area contributed by atoms with E-state index in [0.29, 0.717) is 6.42 Å². The van der Waals surface area contributed by atoms with Gasteiger partial charge in [-0.05, 0) is 25.7 Å². The molecule has 0 aromatic carbocycles. The Hall–Kier alpha value is -3.46. The summed E-state index contributed by atoms with van der Waals surface area (Å²) in [7, 11) is 0. The highest BCUT2D eigenvalue weighted by Gasteiger charge is 2.38. The molecule has 1 aliphatic heterocycles. The molecule has 4 amide bonds. The van der Waals surface area contributed by atoms with Crippen molar-refractivity contribution in [2.45, 2.75) is 56.3 Å². The molecule has 1 fully saturated rings. The Morgan fingerprint density at radius 1 is 1.06 bits per heavy atom. The number of aliphatic hydroxyl groups is 1. The minimum Gasteiger partial charge on any atom is -0.480 e. The number of aliphatic carboxylic acids is 1. The fourth-order valence-electron chi connectivity index (χ4n) is 3.31. The summed E-state index contributed by atoms with van der Waals surface area (Å²) in [5.41, 5.74) is 21.1. The molecule has 0 aromatic heterocycles. The molecule has 186 valence electrons. The number of carboxylic acids is 1. The lowest BCUT2D eigenvalue weighted by Gasteiger charge is -2.28. The fourth-order valence-corrected chi connectivity index (χ4v) is 3.31. The molecule has 1 saturated heterocycles. The molecular weight excluding hydrogens is 440 g/mol. The molecule has 1 heterocycles. The van der Waals surface area contributed by atoms with Crippen LogP contribution in [0, 0.1) is 0 Å². The fraction of sp³-hybridized carbons (Fsp3) is 0.667. The number of carbonyl (C=O) groups excluding carboxylic acids is 4. The van der Waals surface area contributed by atoms with Crippen molar-refractivity contribution in [1.29, 1.82) is 0 Å². The molecule has 0 bridgehead atoms. The van der Waals surface area contributed by atoms with E-state index in [1.54, 1.807) is 0 Å². The third-order valence-electron chi connectivity index (χ3n) is 4.95. The summed E-state index contributed by atoms with van der Waals surface area (Å²) in [5.74, 6) is -4.56. The van der Waals surface area contributed by atoms with Gasteiger partial charge in [0.2, 0.25) is 23.6 Å². The second-order valence-electron chi connectivity index (χ2n) is 7.56. The van der Waals surface area contributed by atoms with Gasteiger partial charge in [-0.2, -0.15) is 0 Å². The molecule has 1 rings (SSSR count). The van der Waals surface area contributed by atoms with Crippen LogP contribution in [-0.4, -0.2) is 94.5 Å². The van der Waals surface area contributed by atoms with Crippen LogP contribution in [0.2, 0.25) is 0 Å². The second-order valence-corrected chi connectivity index (χ2v) is 7.56. The molecule has 4 unspecified atom stereocenters. The summed E-state index contributed by atoms with van der Waals surface area (Å²) < 4.78 is 0. The van der Waals surface area contributed by atoms with Gasteiger partial charge in [-0.15, -0.1) is 0 Å². The smallest absolute Gasteiger partial charge is 0.326 e. The van der Waals surface area contributed by atoms with Gasteiger partial charge in [0.1, 0.15) is 18.1 Å². The predicted octanol–water partition coefficient (Wildman–Crippen LogP) is -4.72. The Balaban J connectivity index is 2.90. The summed E-state index contributed by atoms with van der Waals surface area (Å²) in [6, 6.07) is -4.98. The van der Waals surface area contributed by atoms with Crippen LogP contribution < -0.4 is 33.6 Å². The van der Waals surface area contributed by atoms with Crippen molar-refractivity contribution < 1.29 is 34.2 Å². The van der Waals surface area contributed by atoms with E-state index >= 15 is 0 Å². The van der Waals surface area contributed by atoms with Gasteiger partial charge in [0.25, 0.3) is 0 Å². The number of nitrogens with zero attached hydrogens (tertiary/aromatic N) is 2. The second kappa shape index (κ2) is 13.2. The Kier molecular flexibility index (Phi) is 11.0. The van der Waals surface area contributed by atoms with Crippen molar-refractivity contribution >= 4 is 35.6 Å². The summed E-state index contributed by atoms with van der Waals surface area (Å²) in [5, 5.41) is 23.6. The molecule has 15 nitrogen and oxygen atoms in total. The van der Waals surface area contributed by atoms with Crippen molar-refractivity contribution in [1.82, 2.24) is 15.5 Å². The number of amides is 4. The van der Waals surface area contributed by atoms with Crippen molar-refractivity contribution in [2.75, 3.05) is 19.7 Å².